The number of anilines is 1. The molecule has 2 aromatic carbocycles. The fourth-order valence-electron chi connectivity index (χ4n) is 9.93. The Bertz CT molecular complexity index is 3540. The summed E-state index contributed by atoms with van der Waals surface area (Å²) in [6.45, 7) is 18.5. The van der Waals surface area contributed by atoms with E-state index in [1.807, 2.05) is 58.3 Å². The number of aromatic nitrogens is 10. The second kappa shape index (κ2) is 22.8. The second-order valence-electron chi connectivity index (χ2n) is 20.3. The number of nitrogens with one attached hydrogen (secondary N) is 1. The van der Waals surface area contributed by atoms with E-state index in [0.29, 0.717) is 106 Å². The number of piperidine rings is 1. The van der Waals surface area contributed by atoms with Gasteiger partial charge in [0.25, 0.3) is 11.8 Å². The number of methoxy groups -OCH3 is 1. The molecule has 412 valence electrons. The highest BCUT2D eigenvalue weighted by atomic mass is 32.1. The number of amides is 5. The van der Waals surface area contributed by atoms with Crippen molar-refractivity contribution in [2.45, 2.75) is 119 Å². The van der Waals surface area contributed by atoms with E-state index in [0.717, 1.165) is 44.1 Å². The highest BCUT2D eigenvalue weighted by Gasteiger charge is 2.32. The standard InChI is InChI=1S/C53H66N16O8S/c1-9-68-37(24-31(3)61-68)48(72)57-50-56-36-26-34(45(54)70)27-39(75-8)43(36)66(50)17-11-12-18-67-44-40(28-35(46(55)71)29-41(44)78-51(67)58-49(73)38-25-32(4)62-69(38)10-2)76-23-13-16-63-19-14-33(15-20-63)47-60-59-42-30-64(21-22-65(42)47)52(74)77-53(5,6)7/h11-12,24-29,33H,9-10,13-23,30H2,1-8H3,(H2,54,70)(H2,55,71)(H,56,57,72)/b12-11+,58-51-. The molecule has 0 spiro atoms. The SMILES string of the molecule is CCn1nc(C)cc1C(=O)/N=c1\sc2cc(C(N)=O)cc(OCCCN3CCC(c4nnc5n4CCN(C(=O)OC(C)(C)C)C5)CC3)c2n1C/C=C/Cn1c(NC(=O)c2cc(C)nn2CC)nc2cc(C(N)=O)cc(OC)c21. The molecule has 9 rings (SSSR count). The lowest BCUT2D eigenvalue weighted by atomic mass is 9.95. The maximum absolute atomic E-state index is 14.0. The number of nitrogens with two attached hydrogens (primary N) is 2. The van der Waals surface area contributed by atoms with Crippen LogP contribution < -0.4 is 31.1 Å². The van der Waals surface area contributed by atoms with E-state index in [4.69, 9.17) is 30.7 Å². The minimum atomic E-state index is -0.672. The van der Waals surface area contributed by atoms with Crippen LogP contribution in [0.2, 0.25) is 0 Å². The monoisotopic (exact) mass is 1090 g/mol. The van der Waals surface area contributed by atoms with Crippen LogP contribution in [0.3, 0.4) is 0 Å². The molecule has 0 radical (unpaired) electrons. The fraction of sp³-hybridized carbons (Fsp3) is 0.453. The van der Waals surface area contributed by atoms with E-state index in [9.17, 15) is 24.0 Å². The minimum Gasteiger partial charge on any atom is -0.494 e. The van der Waals surface area contributed by atoms with Crippen molar-refractivity contribution in [2.75, 3.05) is 45.2 Å². The summed E-state index contributed by atoms with van der Waals surface area (Å²) in [7, 11) is 1.47. The summed E-state index contributed by atoms with van der Waals surface area (Å²) >= 11 is 1.22. The maximum atomic E-state index is 14.0. The zero-order valence-electron chi connectivity index (χ0n) is 45.2. The first kappa shape index (κ1) is 54.6. The van der Waals surface area contributed by atoms with Crippen molar-refractivity contribution in [3.63, 3.8) is 0 Å². The van der Waals surface area contributed by atoms with Crippen molar-refractivity contribution < 1.29 is 38.2 Å². The Morgan fingerprint density at radius 3 is 2.14 bits per heavy atom. The van der Waals surface area contributed by atoms with Gasteiger partial charge in [-0.15, -0.1) is 10.2 Å². The third kappa shape index (κ3) is 11.7. The lowest BCUT2D eigenvalue weighted by Crippen LogP contribution is -2.42. The van der Waals surface area contributed by atoms with Gasteiger partial charge in [0.15, 0.2) is 10.6 Å². The molecule has 5 aromatic heterocycles. The number of benzene rings is 2. The molecule has 7 aromatic rings. The normalized spacial score (nSPS) is 14.7. The smallest absolute Gasteiger partial charge is 0.410 e. The van der Waals surface area contributed by atoms with Crippen LogP contribution in [0, 0.1) is 13.8 Å². The van der Waals surface area contributed by atoms with E-state index >= 15 is 0 Å². The molecular formula is C53H66N16O8S. The van der Waals surface area contributed by atoms with Crippen molar-refractivity contribution in [3.8, 4) is 11.5 Å². The van der Waals surface area contributed by atoms with Gasteiger partial charge in [-0.3, -0.25) is 38.8 Å². The van der Waals surface area contributed by atoms with Crippen LogP contribution in [0.25, 0.3) is 21.3 Å². The van der Waals surface area contributed by atoms with Crippen molar-refractivity contribution in [2.24, 2.45) is 16.5 Å². The highest BCUT2D eigenvalue weighted by Crippen LogP contribution is 2.34. The number of fused-ring (bicyclic) bond motifs is 3. The molecule has 0 aliphatic carbocycles. The van der Waals surface area contributed by atoms with Gasteiger partial charge in [0.2, 0.25) is 17.8 Å². The van der Waals surface area contributed by atoms with Gasteiger partial charge < -0.3 is 44.3 Å². The third-order valence-corrected chi connectivity index (χ3v) is 14.6. The number of allylic oxidation sites excluding steroid dienone is 2. The summed E-state index contributed by atoms with van der Waals surface area (Å²) in [5, 5.41) is 20.9. The van der Waals surface area contributed by atoms with Gasteiger partial charge in [-0.05, 0) is 117 Å². The molecule has 5 N–H and O–H groups in total. The molecule has 2 aliphatic rings. The molecule has 1 fully saturated rings. The van der Waals surface area contributed by atoms with Gasteiger partial charge in [0.05, 0.1) is 41.9 Å². The van der Waals surface area contributed by atoms with Gasteiger partial charge in [-0.2, -0.15) is 15.2 Å². The van der Waals surface area contributed by atoms with Crippen LogP contribution in [0.5, 0.6) is 11.5 Å². The molecule has 25 heteroatoms. The van der Waals surface area contributed by atoms with Crippen molar-refractivity contribution in [1.29, 1.82) is 0 Å². The topological polar surface area (TPSA) is 285 Å². The highest BCUT2D eigenvalue weighted by molar-refractivity contribution is 7.16. The number of ether oxygens (including phenoxy) is 3. The average molecular weight is 1090 g/mol. The van der Waals surface area contributed by atoms with Crippen LogP contribution in [0.1, 0.15) is 125 Å². The van der Waals surface area contributed by atoms with Gasteiger partial charge >= 0.3 is 6.09 Å². The van der Waals surface area contributed by atoms with Gasteiger partial charge in [0, 0.05) is 62.9 Å². The molecule has 5 amide bonds. The van der Waals surface area contributed by atoms with Gasteiger partial charge in [0.1, 0.15) is 45.3 Å². The van der Waals surface area contributed by atoms with Gasteiger partial charge in [-0.25, -0.2) is 9.78 Å². The van der Waals surface area contributed by atoms with Crippen LogP contribution >= 0.6 is 11.3 Å². The minimum absolute atomic E-state index is 0.162. The van der Waals surface area contributed by atoms with Crippen molar-refractivity contribution in [1.82, 2.24) is 58.2 Å². The quantitative estimate of drug-likeness (QED) is 0.0702. The number of imidazole rings is 1. The Morgan fingerprint density at radius 1 is 0.821 bits per heavy atom. The molecule has 0 bridgehead atoms. The van der Waals surface area contributed by atoms with E-state index < -0.39 is 29.2 Å². The molecule has 0 saturated carbocycles. The Kier molecular flexibility index (Phi) is 16.0. The summed E-state index contributed by atoms with van der Waals surface area (Å²) in [4.78, 5) is 79.6. The number of hydrogen-bond donors (Lipinski definition) is 3. The summed E-state index contributed by atoms with van der Waals surface area (Å²) in [6, 6.07) is 9.76. The summed E-state index contributed by atoms with van der Waals surface area (Å²) in [6.07, 6.45) is 5.90. The number of nitrogens with zero attached hydrogens (tertiary/aromatic N) is 13. The van der Waals surface area contributed by atoms with Crippen LogP contribution in [0.4, 0.5) is 10.7 Å². The molecule has 7 heterocycles. The average Bonchev–Trinajstić information content (AvgIpc) is 4.25. The largest absolute Gasteiger partial charge is 0.494 e. The lowest BCUT2D eigenvalue weighted by Gasteiger charge is -2.33. The van der Waals surface area contributed by atoms with E-state index in [1.54, 1.807) is 56.1 Å². The molecule has 0 unspecified atom stereocenters. The van der Waals surface area contributed by atoms with Crippen LogP contribution in [0.15, 0.2) is 53.5 Å². The molecule has 0 atom stereocenters. The van der Waals surface area contributed by atoms with Crippen molar-refractivity contribution in [3.05, 3.63) is 98.9 Å². The maximum Gasteiger partial charge on any atom is 0.410 e. The predicted octanol–water partition coefficient (Wildman–Crippen LogP) is 5.55. The van der Waals surface area contributed by atoms with Gasteiger partial charge in [-0.1, -0.05) is 23.5 Å². The number of carbonyl (C=O) groups excluding carboxylic acids is 5. The second-order valence-corrected chi connectivity index (χ2v) is 21.3. The summed E-state index contributed by atoms with van der Waals surface area (Å²) < 4.78 is 27.5. The molecule has 24 nitrogen and oxygen atoms in total. The van der Waals surface area contributed by atoms with Crippen molar-refractivity contribution >= 4 is 68.3 Å². The first-order valence-corrected chi connectivity index (χ1v) is 26.9. The lowest BCUT2D eigenvalue weighted by molar-refractivity contribution is 0.0193. The van der Waals surface area contributed by atoms with Crippen LogP contribution in [-0.2, 0) is 44.0 Å². The zero-order chi connectivity index (χ0) is 55.6. The third-order valence-electron chi connectivity index (χ3n) is 13.6. The fourth-order valence-corrected chi connectivity index (χ4v) is 11.0. The molecule has 2 aliphatic heterocycles. The first-order chi connectivity index (χ1) is 37.3. The number of aryl methyl sites for hydroxylation is 4. The number of likely N-dealkylation sites (tertiary alicyclic amines) is 1. The Morgan fingerprint density at radius 2 is 1.47 bits per heavy atom. The summed E-state index contributed by atoms with van der Waals surface area (Å²) in [5.41, 5.74) is 14.9. The number of hydrogen-bond acceptors (Lipinski definition) is 15. The van der Waals surface area contributed by atoms with E-state index in [-0.39, 0.29) is 42.2 Å². The number of rotatable bonds is 18. The summed E-state index contributed by atoms with van der Waals surface area (Å²) in [5.74, 6) is 0.619. The number of primary amides is 2. The predicted molar refractivity (Wildman–Crippen MR) is 291 cm³/mol. The van der Waals surface area contributed by atoms with E-state index in [2.05, 4.69) is 40.2 Å². The zero-order valence-corrected chi connectivity index (χ0v) is 46.1. The molecule has 1 saturated heterocycles. The molecule has 78 heavy (non-hydrogen) atoms. The number of thiazole rings is 1. The Balaban J connectivity index is 0.961. The molecular weight excluding hydrogens is 1020 g/mol. The first-order valence-electron chi connectivity index (χ1n) is 26.1. The Hall–Kier alpha value is -8.19. The number of carbonyl (C=O) groups is 5. The van der Waals surface area contributed by atoms with E-state index in [1.165, 1.54) is 24.5 Å². The Labute approximate surface area is 453 Å². The van der Waals surface area contributed by atoms with Crippen LogP contribution in [-0.4, -0.2) is 133 Å².